The number of rotatable bonds is 5. The fourth-order valence-electron chi connectivity index (χ4n) is 4.26. The summed E-state index contributed by atoms with van der Waals surface area (Å²) in [5.74, 6) is 0. The van der Waals surface area contributed by atoms with Gasteiger partial charge in [0.15, 0.2) is 0 Å². The number of benzene rings is 1. The number of hydrogen-bond acceptors (Lipinski definition) is 8. The average molecular weight is 527 g/mol. The predicted octanol–water partition coefficient (Wildman–Crippen LogP) is 2.77. The Kier molecular flexibility index (Phi) is 5.55. The Bertz CT molecular complexity index is 1430. The molecule has 2 N–H and O–H groups in total. The Morgan fingerprint density at radius 3 is 2.49 bits per heavy atom. The predicted molar refractivity (Wildman–Crippen MR) is 123 cm³/mol. The number of sulfonamides is 1. The number of aromatic nitrogens is 4. The summed E-state index contributed by atoms with van der Waals surface area (Å²) in [6.07, 6.45) is -2.34. The first kappa shape index (κ1) is 23.9. The average Bonchev–Trinajstić information content (AvgIpc) is 3.17. The molecule has 0 radical (unpaired) electrons. The number of halogens is 3. The van der Waals surface area contributed by atoms with Crippen LogP contribution in [0.1, 0.15) is 31.7 Å². The highest BCUT2D eigenvalue weighted by molar-refractivity contribution is 7.89. The zero-order valence-corrected chi connectivity index (χ0v) is 20.3. The van der Waals surface area contributed by atoms with Gasteiger partial charge in [-0.15, -0.1) is 14.9 Å². The lowest BCUT2D eigenvalue weighted by Crippen LogP contribution is -2.54. The molecule has 0 bridgehead atoms. The fraction of sp³-hybridized carbons (Fsp3) is 0.500. The molecule has 0 spiro atoms. The molecule has 2 aliphatic rings. The van der Waals surface area contributed by atoms with E-state index in [9.17, 15) is 21.6 Å². The lowest BCUT2D eigenvalue weighted by Gasteiger charge is -2.38. The molecule has 1 saturated carbocycles. The lowest BCUT2D eigenvalue weighted by atomic mass is 10.1. The lowest BCUT2D eigenvalue weighted by molar-refractivity contribution is -0.138. The monoisotopic (exact) mass is 526 g/mol. The van der Waals surface area contributed by atoms with Crippen LogP contribution < -0.4 is 14.9 Å². The van der Waals surface area contributed by atoms with Crippen LogP contribution in [0.4, 0.5) is 18.9 Å². The fourth-order valence-corrected chi connectivity index (χ4v) is 6.34. The molecule has 186 valence electrons. The Morgan fingerprint density at radius 2 is 1.91 bits per heavy atom. The molecule has 1 aromatic carbocycles. The van der Waals surface area contributed by atoms with Crippen molar-refractivity contribution in [2.24, 2.45) is 0 Å². The van der Waals surface area contributed by atoms with Crippen LogP contribution in [-0.2, 0) is 16.2 Å². The third-order valence-electron chi connectivity index (χ3n) is 5.95. The van der Waals surface area contributed by atoms with E-state index >= 15 is 0 Å². The van der Waals surface area contributed by atoms with E-state index in [1.54, 1.807) is 0 Å². The second-order valence-electron chi connectivity index (χ2n) is 8.94. The summed E-state index contributed by atoms with van der Waals surface area (Å²) in [5, 5.41) is 13.8. The molecule has 3 aromatic rings. The van der Waals surface area contributed by atoms with E-state index in [4.69, 9.17) is 6.57 Å². The maximum Gasteiger partial charge on any atom is 0.445 e. The largest absolute Gasteiger partial charge is 0.445 e. The van der Waals surface area contributed by atoms with Crippen molar-refractivity contribution in [1.29, 1.82) is 0 Å². The van der Waals surface area contributed by atoms with Crippen LogP contribution in [0.2, 0.25) is 0 Å². The highest BCUT2D eigenvalue weighted by Gasteiger charge is 2.54. The summed E-state index contributed by atoms with van der Waals surface area (Å²) >= 11 is 0.316. The zero-order chi connectivity index (χ0) is 25.2. The minimum absolute atomic E-state index is 0.101. The third-order valence-corrected chi connectivity index (χ3v) is 8.40. The van der Waals surface area contributed by atoms with Gasteiger partial charge in [-0.2, -0.15) is 18.3 Å². The van der Waals surface area contributed by atoms with E-state index in [0.717, 1.165) is 0 Å². The molecule has 35 heavy (non-hydrogen) atoms. The Labute approximate surface area is 203 Å². The van der Waals surface area contributed by atoms with Crippen molar-refractivity contribution in [2.75, 3.05) is 18.0 Å². The van der Waals surface area contributed by atoms with Crippen molar-refractivity contribution in [1.82, 2.24) is 30.0 Å². The van der Waals surface area contributed by atoms with E-state index in [2.05, 4.69) is 30.2 Å². The molecule has 3 heterocycles. The van der Waals surface area contributed by atoms with Gasteiger partial charge in [0, 0.05) is 36.2 Å². The molecule has 1 aliphatic carbocycles. The van der Waals surface area contributed by atoms with E-state index in [1.165, 1.54) is 23.0 Å². The van der Waals surface area contributed by atoms with Gasteiger partial charge < -0.3 is 10.2 Å². The molecule has 0 unspecified atom stereocenters. The van der Waals surface area contributed by atoms with Gasteiger partial charge in [0.2, 0.25) is 20.2 Å². The van der Waals surface area contributed by atoms with Gasteiger partial charge in [0.05, 0.1) is 29.5 Å². The van der Waals surface area contributed by atoms with Crippen LogP contribution in [-0.4, -0.2) is 59.2 Å². The molecular weight excluding hydrogens is 505 g/mol. The molecule has 1 saturated heterocycles. The minimum atomic E-state index is -4.66. The van der Waals surface area contributed by atoms with Gasteiger partial charge in [-0.05, 0) is 26.0 Å². The van der Waals surface area contributed by atoms with Crippen LogP contribution in [0.5, 0.6) is 0 Å². The number of alkyl halides is 3. The summed E-state index contributed by atoms with van der Waals surface area (Å²) in [5.41, 5.74) is -0.283. The quantitative estimate of drug-likeness (QED) is 0.492. The van der Waals surface area contributed by atoms with E-state index in [1.807, 2.05) is 18.7 Å². The van der Waals surface area contributed by atoms with Crippen LogP contribution in [0.15, 0.2) is 23.2 Å². The molecule has 1 aliphatic heterocycles. The van der Waals surface area contributed by atoms with Crippen molar-refractivity contribution in [3.63, 3.8) is 0 Å². The van der Waals surface area contributed by atoms with Crippen molar-refractivity contribution in [2.45, 2.75) is 55.5 Å². The van der Waals surface area contributed by atoms with Gasteiger partial charge in [-0.3, -0.25) is 4.85 Å². The number of fused-ring (bicyclic) bond motifs is 1. The number of anilines is 1. The highest BCUT2D eigenvalue weighted by atomic mass is 32.2. The van der Waals surface area contributed by atoms with Crippen molar-refractivity contribution in [3.8, 4) is 5.13 Å². The van der Waals surface area contributed by atoms with Crippen molar-refractivity contribution < 1.29 is 21.6 Å². The molecule has 5 rings (SSSR count). The molecule has 2 aromatic heterocycles. The number of nitrogens with one attached hydrogen (secondary N) is 2. The zero-order valence-electron chi connectivity index (χ0n) is 18.7. The summed E-state index contributed by atoms with van der Waals surface area (Å²) in [4.78, 5) is 5.35. The summed E-state index contributed by atoms with van der Waals surface area (Å²) in [6.45, 7) is 12.5. The SMILES string of the molecule is [C-]#[N+]C1(NS(=O)(=O)c2cc(N3C[C@H](C)N[C@@H](C)C3)c3cnn(-c4nnc(C(F)(F)F)s4)c3c2)CC1. The van der Waals surface area contributed by atoms with Crippen LogP contribution in [0.3, 0.4) is 0 Å². The third kappa shape index (κ3) is 4.46. The molecule has 10 nitrogen and oxygen atoms in total. The summed E-state index contributed by atoms with van der Waals surface area (Å²) in [6, 6.07) is 3.12. The van der Waals surface area contributed by atoms with Crippen molar-refractivity contribution >= 4 is 38.0 Å². The van der Waals surface area contributed by atoms with Gasteiger partial charge in [0.1, 0.15) is 0 Å². The second-order valence-corrected chi connectivity index (χ2v) is 11.6. The molecule has 2 fully saturated rings. The van der Waals surface area contributed by atoms with Gasteiger partial charge in [-0.25, -0.2) is 19.7 Å². The van der Waals surface area contributed by atoms with E-state index in [0.29, 0.717) is 48.3 Å². The smallest absolute Gasteiger partial charge is 0.368 e. The Morgan fingerprint density at radius 1 is 1.23 bits per heavy atom. The number of piperazine rings is 1. The van der Waals surface area contributed by atoms with Crippen LogP contribution in [0.25, 0.3) is 20.9 Å². The van der Waals surface area contributed by atoms with E-state index < -0.39 is 26.9 Å². The maximum absolute atomic E-state index is 13.3. The topological polar surface area (TPSA) is 109 Å². The second kappa shape index (κ2) is 8.12. The van der Waals surface area contributed by atoms with Crippen LogP contribution in [0, 0.1) is 6.57 Å². The first-order valence-corrected chi connectivity index (χ1v) is 13.1. The van der Waals surface area contributed by atoms with Crippen LogP contribution >= 0.6 is 11.3 Å². The first-order chi connectivity index (χ1) is 16.4. The summed E-state index contributed by atoms with van der Waals surface area (Å²) < 4.78 is 69.5. The molecule has 0 amide bonds. The normalized spacial score (nSPS) is 22.3. The highest BCUT2D eigenvalue weighted by Crippen LogP contribution is 2.40. The standard InChI is InChI=1S/C20H21F3N8O2S2/c1-11-9-30(10-12(2)26-11)15-6-13(35(32,33)29-19(24-3)4-5-19)7-16-14(15)8-25-31(16)18-28-27-17(34-18)20(21,22)23/h6-8,11-12,26,29H,4-5,9-10H2,1-2H3/t11-,12-/m0/s1. The Balaban J connectivity index is 1.67. The molecule has 2 atom stereocenters. The number of nitrogens with zero attached hydrogens (tertiary/aromatic N) is 6. The summed E-state index contributed by atoms with van der Waals surface area (Å²) in [7, 11) is -4.10. The van der Waals surface area contributed by atoms with Gasteiger partial charge >= 0.3 is 6.18 Å². The Hall–Kier alpha value is -2.80. The molecular formula is C20H21F3N8O2S2. The molecule has 15 heteroatoms. The first-order valence-electron chi connectivity index (χ1n) is 10.8. The number of hydrogen-bond donors (Lipinski definition) is 2. The van der Waals surface area contributed by atoms with Gasteiger partial charge in [-0.1, -0.05) is 11.3 Å². The van der Waals surface area contributed by atoms with Crippen molar-refractivity contribution in [3.05, 3.63) is 34.8 Å². The minimum Gasteiger partial charge on any atom is -0.368 e. The van der Waals surface area contributed by atoms with E-state index in [-0.39, 0.29) is 27.6 Å². The van der Waals surface area contributed by atoms with Gasteiger partial charge in [0.25, 0.3) is 5.66 Å². The maximum atomic E-state index is 13.3.